The molecular formula is C18H23BrFN3O5. The van der Waals surface area contributed by atoms with Crippen molar-refractivity contribution >= 4 is 27.7 Å². The fraction of sp³-hybridized carbons (Fsp3) is 0.611. The van der Waals surface area contributed by atoms with Gasteiger partial charge in [0.1, 0.15) is 11.4 Å². The average Bonchev–Trinajstić information content (AvgIpc) is 2.54. The summed E-state index contributed by atoms with van der Waals surface area (Å²) in [6, 6.07) is 2.69. The lowest BCUT2D eigenvalue weighted by Gasteiger charge is -2.44. The van der Waals surface area contributed by atoms with Gasteiger partial charge in [0.2, 0.25) is 0 Å². The third-order valence-corrected chi connectivity index (χ3v) is 5.31. The van der Waals surface area contributed by atoms with Crippen LogP contribution >= 0.6 is 15.9 Å². The highest BCUT2D eigenvalue weighted by atomic mass is 79.9. The molecule has 0 radical (unpaired) electrons. The molecule has 1 amide bonds. The molecule has 10 heteroatoms. The van der Waals surface area contributed by atoms with E-state index in [-0.39, 0.29) is 24.8 Å². The lowest BCUT2D eigenvalue weighted by Crippen LogP contribution is -2.59. The number of alkyl halides is 1. The first-order valence-electron chi connectivity index (χ1n) is 9.02. The van der Waals surface area contributed by atoms with Crippen LogP contribution in [-0.4, -0.2) is 58.5 Å². The van der Waals surface area contributed by atoms with Crippen LogP contribution in [0, 0.1) is 10.1 Å². The lowest BCUT2D eigenvalue weighted by molar-refractivity contribution is -0.385. The SMILES string of the molecule is CC(C)(C)OC(=O)N1CC2CCOc3cc(Br)c([N+](=O)[O-])cc3CN2[C@H](F)C1. The number of halogens is 2. The number of rotatable bonds is 1. The lowest BCUT2D eigenvalue weighted by atomic mass is 10.0. The van der Waals surface area contributed by atoms with Gasteiger partial charge in [-0.15, -0.1) is 0 Å². The minimum atomic E-state index is -1.40. The van der Waals surface area contributed by atoms with Crippen molar-refractivity contribution in [3.8, 4) is 5.75 Å². The first kappa shape index (κ1) is 20.8. The Morgan fingerprint density at radius 2 is 2.11 bits per heavy atom. The Bertz CT molecular complexity index is 785. The molecule has 0 saturated carbocycles. The fourth-order valence-corrected chi connectivity index (χ4v) is 3.86. The summed E-state index contributed by atoms with van der Waals surface area (Å²) in [5, 5.41) is 11.2. The third-order valence-electron chi connectivity index (χ3n) is 4.67. The molecule has 2 aliphatic rings. The molecule has 1 aromatic carbocycles. The number of ether oxygens (including phenoxy) is 2. The molecule has 28 heavy (non-hydrogen) atoms. The number of fused-ring (bicyclic) bond motifs is 2. The minimum Gasteiger partial charge on any atom is -0.493 e. The van der Waals surface area contributed by atoms with Gasteiger partial charge in [0, 0.05) is 36.8 Å². The molecule has 1 saturated heterocycles. The Hall–Kier alpha value is -1.94. The first-order chi connectivity index (χ1) is 13.0. The summed E-state index contributed by atoms with van der Waals surface area (Å²) in [6.45, 7) is 5.97. The predicted molar refractivity (Wildman–Crippen MR) is 103 cm³/mol. The summed E-state index contributed by atoms with van der Waals surface area (Å²) in [6.07, 6.45) is -1.43. The third kappa shape index (κ3) is 4.54. The van der Waals surface area contributed by atoms with E-state index in [0.29, 0.717) is 35.4 Å². The van der Waals surface area contributed by atoms with Gasteiger partial charge >= 0.3 is 6.09 Å². The Kier molecular flexibility index (Phi) is 5.81. The van der Waals surface area contributed by atoms with Crippen LogP contribution in [0.2, 0.25) is 0 Å². The molecule has 154 valence electrons. The van der Waals surface area contributed by atoms with E-state index in [1.807, 2.05) is 0 Å². The zero-order valence-corrected chi connectivity index (χ0v) is 17.6. The van der Waals surface area contributed by atoms with Crippen LogP contribution in [0.15, 0.2) is 16.6 Å². The highest BCUT2D eigenvalue weighted by Crippen LogP contribution is 2.36. The molecule has 1 unspecified atom stereocenters. The molecule has 1 fully saturated rings. The van der Waals surface area contributed by atoms with Crippen LogP contribution in [0.3, 0.4) is 0 Å². The number of hydrogen-bond acceptors (Lipinski definition) is 6. The smallest absolute Gasteiger partial charge is 0.410 e. The quantitative estimate of drug-likeness (QED) is 0.360. The van der Waals surface area contributed by atoms with Crippen LogP contribution in [0.25, 0.3) is 0 Å². The highest BCUT2D eigenvalue weighted by Gasteiger charge is 2.39. The van der Waals surface area contributed by atoms with Gasteiger partial charge in [-0.05, 0) is 43.1 Å². The van der Waals surface area contributed by atoms with Crippen molar-refractivity contribution in [1.82, 2.24) is 9.80 Å². The molecule has 0 N–H and O–H groups in total. The number of nitrogens with zero attached hydrogens (tertiary/aromatic N) is 3. The highest BCUT2D eigenvalue weighted by molar-refractivity contribution is 9.10. The maximum Gasteiger partial charge on any atom is 0.410 e. The van der Waals surface area contributed by atoms with Crippen molar-refractivity contribution in [2.75, 3.05) is 19.7 Å². The van der Waals surface area contributed by atoms with E-state index >= 15 is 4.39 Å². The number of nitro groups is 1. The second-order valence-corrected chi connectivity index (χ2v) is 8.81. The second-order valence-electron chi connectivity index (χ2n) is 7.95. The van der Waals surface area contributed by atoms with Crippen molar-refractivity contribution in [2.24, 2.45) is 0 Å². The number of benzene rings is 1. The fourth-order valence-electron chi connectivity index (χ4n) is 3.40. The van der Waals surface area contributed by atoms with Crippen molar-refractivity contribution < 1.29 is 23.6 Å². The van der Waals surface area contributed by atoms with E-state index in [4.69, 9.17) is 9.47 Å². The van der Waals surface area contributed by atoms with Crippen LogP contribution in [-0.2, 0) is 11.3 Å². The van der Waals surface area contributed by atoms with Gasteiger partial charge in [0.05, 0.1) is 22.5 Å². The summed E-state index contributed by atoms with van der Waals surface area (Å²) in [7, 11) is 0. The molecule has 0 spiro atoms. The van der Waals surface area contributed by atoms with Gasteiger partial charge in [-0.1, -0.05) is 0 Å². The zero-order valence-electron chi connectivity index (χ0n) is 16.0. The normalized spacial score (nSPS) is 23.0. The first-order valence-corrected chi connectivity index (χ1v) is 9.82. The van der Waals surface area contributed by atoms with Crippen molar-refractivity contribution in [3.63, 3.8) is 0 Å². The van der Waals surface area contributed by atoms with Gasteiger partial charge in [-0.2, -0.15) is 0 Å². The molecule has 3 rings (SSSR count). The van der Waals surface area contributed by atoms with Gasteiger partial charge in [-0.25, -0.2) is 9.18 Å². The molecule has 0 aliphatic carbocycles. The summed E-state index contributed by atoms with van der Waals surface area (Å²) in [4.78, 5) is 26.1. The number of nitro benzene ring substituents is 1. The summed E-state index contributed by atoms with van der Waals surface area (Å²) in [5.74, 6) is 0.498. The standard InChI is InChI=1S/C18H23BrFN3O5/c1-18(2,3)28-17(24)21-9-12-4-5-27-15-7-13(19)14(23(25)26)6-11(15)8-22(12)16(20)10-21/h6-7,12,16H,4-5,8-10H2,1-3H3/t12?,16-/m0/s1. The molecular weight excluding hydrogens is 437 g/mol. The van der Waals surface area contributed by atoms with Crippen LogP contribution < -0.4 is 4.74 Å². The van der Waals surface area contributed by atoms with Crippen LogP contribution in [0.4, 0.5) is 14.9 Å². The number of amides is 1. The van der Waals surface area contributed by atoms with Crippen LogP contribution in [0.5, 0.6) is 5.75 Å². The van der Waals surface area contributed by atoms with E-state index < -0.39 is 22.9 Å². The molecule has 1 aromatic rings. The van der Waals surface area contributed by atoms with Gasteiger partial charge in [0.25, 0.3) is 5.69 Å². The number of carbonyl (C=O) groups is 1. The monoisotopic (exact) mass is 459 g/mol. The van der Waals surface area contributed by atoms with E-state index in [1.54, 1.807) is 31.7 Å². The number of hydrogen-bond donors (Lipinski definition) is 0. The number of carbonyl (C=O) groups excluding carboxylic acids is 1. The molecule has 2 heterocycles. The van der Waals surface area contributed by atoms with Gasteiger partial charge < -0.3 is 14.4 Å². The van der Waals surface area contributed by atoms with Gasteiger partial charge in [-0.3, -0.25) is 15.0 Å². The molecule has 0 aromatic heterocycles. The molecule has 8 nitrogen and oxygen atoms in total. The molecule has 0 bridgehead atoms. The summed E-state index contributed by atoms with van der Waals surface area (Å²) in [5.41, 5.74) is -0.203. The number of piperazine rings is 1. The summed E-state index contributed by atoms with van der Waals surface area (Å²) < 4.78 is 26.5. The Labute approximate surface area is 170 Å². The van der Waals surface area contributed by atoms with E-state index in [0.717, 1.165) is 0 Å². The largest absolute Gasteiger partial charge is 0.493 e. The average molecular weight is 460 g/mol. The van der Waals surface area contributed by atoms with Crippen molar-refractivity contribution in [3.05, 3.63) is 32.3 Å². The molecule has 2 atom stereocenters. The Balaban J connectivity index is 1.82. The van der Waals surface area contributed by atoms with Crippen LogP contribution in [0.1, 0.15) is 32.8 Å². The van der Waals surface area contributed by atoms with E-state index in [2.05, 4.69) is 15.9 Å². The van der Waals surface area contributed by atoms with Gasteiger partial charge in [0.15, 0.2) is 6.30 Å². The topological polar surface area (TPSA) is 85.1 Å². The van der Waals surface area contributed by atoms with Crippen molar-refractivity contribution in [1.29, 1.82) is 0 Å². The predicted octanol–water partition coefficient (Wildman–Crippen LogP) is 3.86. The summed E-state index contributed by atoms with van der Waals surface area (Å²) >= 11 is 3.18. The van der Waals surface area contributed by atoms with E-state index in [1.165, 1.54) is 11.0 Å². The second kappa shape index (κ2) is 7.82. The maximum absolute atomic E-state index is 15.0. The maximum atomic E-state index is 15.0. The Morgan fingerprint density at radius 1 is 1.39 bits per heavy atom. The van der Waals surface area contributed by atoms with E-state index in [9.17, 15) is 14.9 Å². The van der Waals surface area contributed by atoms with Crippen molar-refractivity contribution in [2.45, 2.75) is 51.7 Å². The zero-order chi connectivity index (χ0) is 20.6. The molecule has 2 aliphatic heterocycles. The Morgan fingerprint density at radius 3 is 2.75 bits per heavy atom. The minimum absolute atomic E-state index is 0.0951.